The van der Waals surface area contributed by atoms with Crippen molar-refractivity contribution in [3.05, 3.63) is 64.7 Å². The number of piperazine rings is 1. The number of nitrogens with one attached hydrogen (secondary N) is 1. The zero-order valence-corrected chi connectivity index (χ0v) is 17.0. The molecular formula is C23H31N3O. The molecule has 1 aliphatic rings. The third-order valence-corrected chi connectivity index (χ3v) is 5.75. The van der Waals surface area contributed by atoms with Gasteiger partial charge in [-0.05, 0) is 50.5 Å². The molecule has 1 fully saturated rings. The average Bonchev–Trinajstić information content (AvgIpc) is 2.69. The van der Waals surface area contributed by atoms with Gasteiger partial charge in [0.1, 0.15) is 0 Å². The van der Waals surface area contributed by atoms with E-state index >= 15 is 0 Å². The largest absolute Gasteiger partial charge is 0.369 e. The third-order valence-electron chi connectivity index (χ3n) is 5.75. The number of rotatable bonds is 5. The fourth-order valence-corrected chi connectivity index (χ4v) is 3.64. The Balaban J connectivity index is 1.51. The first-order chi connectivity index (χ1) is 13.0. The molecule has 1 heterocycles. The van der Waals surface area contributed by atoms with Crippen LogP contribution in [0.5, 0.6) is 0 Å². The van der Waals surface area contributed by atoms with Crippen molar-refractivity contribution in [3.8, 4) is 0 Å². The molecule has 4 heteroatoms. The predicted octanol–water partition coefficient (Wildman–Crippen LogP) is 3.44. The summed E-state index contributed by atoms with van der Waals surface area (Å²) in [7, 11) is 0. The maximum atomic E-state index is 12.6. The first-order valence-electron chi connectivity index (χ1n) is 9.84. The molecule has 1 unspecified atom stereocenters. The van der Waals surface area contributed by atoms with Gasteiger partial charge in [-0.25, -0.2) is 0 Å². The Morgan fingerprint density at radius 1 is 1.00 bits per heavy atom. The quantitative estimate of drug-likeness (QED) is 0.882. The molecule has 1 amide bonds. The van der Waals surface area contributed by atoms with Crippen LogP contribution in [0.4, 0.5) is 5.69 Å². The number of anilines is 1. The van der Waals surface area contributed by atoms with E-state index in [0.29, 0.717) is 6.54 Å². The van der Waals surface area contributed by atoms with Gasteiger partial charge in [0.2, 0.25) is 5.91 Å². The van der Waals surface area contributed by atoms with Crippen molar-refractivity contribution >= 4 is 11.6 Å². The van der Waals surface area contributed by atoms with E-state index in [2.05, 4.69) is 78.4 Å². The zero-order chi connectivity index (χ0) is 19.4. The highest BCUT2D eigenvalue weighted by molar-refractivity contribution is 5.81. The summed E-state index contributed by atoms with van der Waals surface area (Å²) in [6.07, 6.45) is 0. The molecule has 0 saturated carbocycles. The van der Waals surface area contributed by atoms with Crippen LogP contribution < -0.4 is 10.2 Å². The lowest BCUT2D eigenvalue weighted by Gasteiger charge is -2.39. The molecule has 0 aromatic heterocycles. The number of carbonyl (C=O) groups is 1. The lowest BCUT2D eigenvalue weighted by Crippen LogP contribution is -2.54. The fourth-order valence-electron chi connectivity index (χ4n) is 3.64. The third kappa shape index (κ3) is 4.69. The average molecular weight is 366 g/mol. The second kappa shape index (κ2) is 8.57. The van der Waals surface area contributed by atoms with Crippen LogP contribution in [0.2, 0.25) is 0 Å². The summed E-state index contributed by atoms with van der Waals surface area (Å²) >= 11 is 0. The molecule has 0 bridgehead atoms. The Kier molecular flexibility index (Phi) is 6.17. The molecular weight excluding hydrogens is 334 g/mol. The molecule has 1 aliphatic heterocycles. The van der Waals surface area contributed by atoms with E-state index in [1.165, 1.54) is 22.4 Å². The number of carbonyl (C=O) groups excluding carboxylic acids is 1. The van der Waals surface area contributed by atoms with Crippen molar-refractivity contribution in [2.45, 2.75) is 40.3 Å². The van der Waals surface area contributed by atoms with Crippen LogP contribution in [-0.4, -0.2) is 43.0 Å². The van der Waals surface area contributed by atoms with Crippen LogP contribution in [0.25, 0.3) is 0 Å². The zero-order valence-electron chi connectivity index (χ0n) is 17.0. The van der Waals surface area contributed by atoms with Crippen LogP contribution in [-0.2, 0) is 11.3 Å². The van der Waals surface area contributed by atoms with Crippen LogP contribution in [0.1, 0.15) is 29.2 Å². The first kappa shape index (κ1) is 19.4. The predicted molar refractivity (Wildman–Crippen MR) is 112 cm³/mol. The Labute approximate surface area is 163 Å². The topological polar surface area (TPSA) is 35.6 Å². The molecule has 0 spiro atoms. The van der Waals surface area contributed by atoms with E-state index in [1.54, 1.807) is 0 Å². The lowest BCUT2D eigenvalue weighted by atomic mass is 10.1. The molecule has 27 heavy (non-hydrogen) atoms. The monoisotopic (exact) mass is 365 g/mol. The summed E-state index contributed by atoms with van der Waals surface area (Å²) in [5.74, 6) is 0.107. The number of hydrogen-bond donors (Lipinski definition) is 1. The summed E-state index contributed by atoms with van der Waals surface area (Å²) in [6, 6.07) is 14.7. The molecule has 2 aromatic carbocycles. The van der Waals surface area contributed by atoms with Gasteiger partial charge in [0.15, 0.2) is 0 Å². The number of benzene rings is 2. The van der Waals surface area contributed by atoms with Gasteiger partial charge in [0.05, 0.1) is 6.04 Å². The fraction of sp³-hybridized carbons (Fsp3) is 0.435. The Morgan fingerprint density at radius 3 is 2.33 bits per heavy atom. The SMILES string of the molecule is Cc1ccc(CNC(=O)C(C)N2CCN(c3cccc(C)c3C)CC2)cc1. The van der Waals surface area contributed by atoms with Gasteiger partial charge in [-0.2, -0.15) is 0 Å². The van der Waals surface area contributed by atoms with Gasteiger partial charge in [-0.1, -0.05) is 42.0 Å². The maximum Gasteiger partial charge on any atom is 0.237 e. The summed E-state index contributed by atoms with van der Waals surface area (Å²) in [6.45, 7) is 12.8. The molecule has 4 nitrogen and oxygen atoms in total. The molecule has 3 rings (SSSR count). The number of amides is 1. The molecule has 0 aliphatic carbocycles. The lowest BCUT2D eigenvalue weighted by molar-refractivity contribution is -0.126. The second-order valence-electron chi connectivity index (χ2n) is 7.62. The van der Waals surface area contributed by atoms with E-state index in [4.69, 9.17) is 0 Å². The van der Waals surface area contributed by atoms with Gasteiger partial charge in [0, 0.05) is 38.4 Å². The summed E-state index contributed by atoms with van der Waals surface area (Å²) in [5.41, 5.74) is 6.39. The van der Waals surface area contributed by atoms with Gasteiger partial charge in [-0.3, -0.25) is 9.69 Å². The Hall–Kier alpha value is -2.33. The number of hydrogen-bond acceptors (Lipinski definition) is 3. The molecule has 1 saturated heterocycles. The Bertz CT molecular complexity index is 777. The smallest absolute Gasteiger partial charge is 0.237 e. The summed E-state index contributed by atoms with van der Waals surface area (Å²) in [5, 5.41) is 3.08. The molecule has 0 radical (unpaired) electrons. The van der Waals surface area contributed by atoms with Crippen LogP contribution >= 0.6 is 0 Å². The van der Waals surface area contributed by atoms with Gasteiger partial charge < -0.3 is 10.2 Å². The van der Waals surface area contributed by atoms with Crippen LogP contribution in [0, 0.1) is 20.8 Å². The van der Waals surface area contributed by atoms with Crippen molar-refractivity contribution in [2.75, 3.05) is 31.1 Å². The highest BCUT2D eigenvalue weighted by Gasteiger charge is 2.26. The maximum absolute atomic E-state index is 12.6. The number of aryl methyl sites for hydroxylation is 2. The Morgan fingerprint density at radius 2 is 1.67 bits per heavy atom. The van der Waals surface area contributed by atoms with E-state index < -0.39 is 0 Å². The van der Waals surface area contributed by atoms with E-state index in [0.717, 1.165) is 31.7 Å². The highest BCUT2D eigenvalue weighted by atomic mass is 16.2. The minimum Gasteiger partial charge on any atom is -0.369 e. The van der Waals surface area contributed by atoms with Gasteiger partial charge in [0.25, 0.3) is 0 Å². The highest BCUT2D eigenvalue weighted by Crippen LogP contribution is 2.24. The van der Waals surface area contributed by atoms with Crippen molar-refractivity contribution in [2.24, 2.45) is 0 Å². The number of nitrogens with zero attached hydrogens (tertiary/aromatic N) is 2. The van der Waals surface area contributed by atoms with E-state index in [1.807, 2.05) is 6.92 Å². The minimum absolute atomic E-state index is 0.101. The molecule has 144 valence electrons. The first-order valence-corrected chi connectivity index (χ1v) is 9.84. The summed E-state index contributed by atoms with van der Waals surface area (Å²) in [4.78, 5) is 17.3. The van der Waals surface area contributed by atoms with E-state index in [-0.39, 0.29) is 11.9 Å². The normalized spacial score (nSPS) is 16.2. The van der Waals surface area contributed by atoms with Gasteiger partial charge >= 0.3 is 0 Å². The van der Waals surface area contributed by atoms with Gasteiger partial charge in [-0.15, -0.1) is 0 Å². The van der Waals surface area contributed by atoms with Crippen molar-refractivity contribution in [1.29, 1.82) is 0 Å². The standard InChI is InChI=1S/C23H31N3O/c1-17-8-10-21(11-9-17)16-24-23(27)20(4)25-12-14-26(15-13-25)22-7-5-6-18(2)19(22)3/h5-11,20H,12-16H2,1-4H3,(H,24,27). The van der Waals surface area contributed by atoms with Crippen LogP contribution in [0.3, 0.4) is 0 Å². The minimum atomic E-state index is -0.101. The molecule has 1 N–H and O–H groups in total. The van der Waals surface area contributed by atoms with Crippen molar-refractivity contribution in [3.63, 3.8) is 0 Å². The van der Waals surface area contributed by atoms with E-state index in [9.17, 15) is 4.79 Å². The molecule has 2 aromatic rings. The van der Waals surface area contributed by atoms with Crippen molar-refractivity contribution in [1.82, 2.24) is 10.2 Å². The molecule has 1 atom stereocenters. The second-order valence-corrected chi connectivity index (χ2v) is 7.62. The van der Waals surface area contributed by atoms with Crippen molar-refractivity contribution < 1.29 is 4.79 Å². The summed E-state index contributed by atoms with van der Waals surface area (Å²) < 4.78 is 0. The van der Waals surface area contributed by atoms with Crippen LogP contribution in [0.15, 0.2) is 42.5 Å².